The standard InChI is InChI=1S/C28H36N2O2/c1-21-11-13-23(14-12-21)28(15-18-32-19-16-28)27(31)30-20-24(22-8-4-2-5-9-22)26-25(30)10-6-3-7-17-29-26/h2,4-5,8-9,11-14,24-26,29H,3,6-7,10,15-20H2,1H3/t24-,25-,26-/m0/s1. The van der Waals surface area contributed by atoms with Gasteiger partial charge in [0, 0.05) is 37.8 Å². The Hall–Kier alpha value is -2.17. The number of benzene rings is 2. The molecule has 1 amide bonds. The second-order valence-electron chi connectivity index (χ2n) is 9.93. The molecule has 3 atom stereocenters. The summed E-state index contributed by atoms with van der Waals surface area (Å²) < 4.78 is 5.73. The molecule has 4 nitrogen and oxygen atoms in total. The molecule has 5 rings (SSSR count). The summed E-state index contributed by atoms with van der Waals surface area (Å²) in [5, 5.41) is 3.86. The van der Waals surface area contributed by atoms with E-state index < -0.39 is 5.41 Å². The minimum atomic E-state index is -0.468. The summed E-state index contributed by atoms with van der Waals surface area (Å²) in [7, 11) is 0. The molecule has 0 radical (unpaired) electrons. The molecular formula is C28H36N2O2. The average molecular weight is 433 g/mol. The van der Waals surface area contributed by atoms with E-state index in [1.54, 1.807) is 0 Å². The van der Waals surface area contributed by atoms with Crippen LogP contribution in [-0.2, 0) is 14.9 Å². The second-order valence-corrected chi connectivity index (χ2v) is 9.93. The smallest absolute Gasteiger partial charge is 0.233 e. The van der Waals surface area contributed by atoms with E-state index in [0.717, 1.165) is 37.9 Å². The van der Waals surface area contributed by atoms with Crippen molar-refractivity contribution < 1.29 is 9.53 Å². The first-order chi connectivity index (χ1) is 15.7. The molecule has 32 heavy (non-hydrogen) atoms. The van der Waals surface area contributed by atoms with Gasteiger partial charge in [0.05, 0.1) is 5.41 Å². The lowest BCUT2D eigenvalue weighted by Gasteiger charge is -2.41. The minimum Gasteiger partial charge on any atom is -0.381 e. The third-order valence-electron chi connectivity index (χ3n) is 8.05. The van der Waals surface area contributed by atoms with E-state index >= 15 is 0 Å². The Morgan fingerprint density at radius 2 is 1.75 bits per heavy atom. The number of rotatable bonds is 3. The van der Waals surface area contributed by atoms with Gasteiger partial charge >= 0.3 is 0 Å². The first-order valence-electron chi connectivity index (χ1n) is 12.4. The van der Waals surface area contributed by atoms with Gasteiger partial charge in [-0.1, -0.05) is 73.0 Å². The van der Waals surface area contributed by atoms with Crippen LogP contribution in [0.3, 0.4) is 0 Å². The van der Waals surface area contributed by atoms with Gasteiger partial charge in [0.25, 0.3) is 0 Å². The predicted octanol–water partition coefficient (Wildman–Crippen LogP) is 4.57. The Morgan fingerprint density at radius 3 is 2.50 bits per heavy atom. The van der Waals surface area contributed by atoms with Crippen molar-refractivity contribution in [3.63, 3.8) is 0 Å². The molecule has 1 N–H and O–H groups in total. The molecule has 0 aliphatic carbocycles. The first-order valence-corrected chi connectivity index (χ1v) is 12.4. The topological polar surface area (TPSA) is 41.6 Å². The van der Waals surface area contributed by atoms with E-state index in [1.165, 1.54) is 30.4 Å². The van der Waals surface area contributed by atoms with E-state index in [1.807, 2.05) is 0 Å². The van der Waals surface area contributed by atoms with Crippen LogP contribution in [0.25, 0.3) is 0 Å². The molecule has 0 spiro atoms. The molecule has 0 unspecified atom stereocenters. The van der Waals surface area contributed by atoms with Gasteiger partial charge in [-0.3, -0.25) is 4.79 Å². The van der Waals surface area contributed by atoms with Crippen LogP contribution in [0.1, 0.15) is 61.1 Å². The van der Waals surface area contributed by atoms with Gasteiger partial charge in [0.2, 0.25) is 5.91 Å². The molecule has 2 aromatic carbocycles. The number of hydrogen-bond donors (Lipinski definition) is 1. The average Bonchev–Trinajstić information content (AvgIpc) is 3.17. The number of hydrogen-bond acceptors (Lipinski definition) is 3. The van der Waals surface area contributed by atoms with E-state index in [2.05, 4.69) is 71.7 Å². The Labute approximate surface area is 192 Å². The maximum Gasteiger partial charge on any atom is 0.233 e. The number of carbonyl (C=O) groups is 1. The number of likely N-dealkylation sites (tertiary alicyclic amines) is 1. The number of nitrogens with one attached hydrogen (secondary N) is 1. The highest BCUT2D eigenvalue weighted by Gasteiger charge is 2.51. The molecule has 170 valence electrons. The highest BCUT2D eigenvalue weighted by Crippen LogP contribution is 2.42. The van der Waals surface area contributed by atoms with Crippen molar-refractivity contribution in [3.8, 4) is 0 Å². The first kappa shape index (κ1) is 21.7. The number of amides is 1. The highest BCUT2D eigenvalue weighted by molar-refractivity contribution is 5.89. The van der Waals surface area contributed by atoms with Gasteiger partial charge in [0.15, 0.2) is 0 Å². The van der Waals surface area contributed by atoms with E-state index in [-0.39, 0.29) is 6.04 Å². The number of aryl methyl sites for hydroxylation is 1. The molecule has 0 aromatic heterocycles. The van der Waals surface area contributed by atoms with Gasteiger partial charge in [-0.2, -0.15) is 0 Å². The Balaban J connectivity index is 1.51. The minimum absolute atomic E-state index is 0.262. The van der Waals surface area contributed by atoms with E-state index in [4.69, 9.17) is 4.74 Å². The Bertz CT molecular complexity index is 905. The van der Waals surface area contributed by atoms with Crippen LogP contribution in [0.2, 0.25) is 0 Å². The monoisotopic (exact) mass is 432 g/mol. The summed E-state index contributed by atoms with van der Waals surface area (Å²) in [4.78, 5) is 16.7. The largest absolute Gasteiger partial charge is 0.381 e. The highest BCUT2D eigenvalue weighted by atomic mass is 16.5. The fourth-order valence-electron chi connectivity index (χ4n) is 6.20. The van der Waals surface area contributed by atoms with Crippen LogP contribution in [0.4, 0.5) is 0 Å². The van der Waals surface area contributed by atoms with Crippen molar-refractivity contribution in [1.29, 1.82) is 0 Å². The van der Waals surface area contributed by atoms with E-state index in [9.17, 15) is 4.79 Å². The maximum absolute atomic E-state index is 14.5. The number of nitrogens with zero attached hydrogens (tertiary/aromatic N) is 1. The molecule has 3 heterocycles. The van der Waals surface area contributed by atoms with Crippen LogP contribution in [0.5, 0.6) is 0 Å². The number of carbonyl (C=O) groups excluding carboxylic acids is 1. The zero-order valence-corrected chi connectivity index (χ0v) is 19.3. The quantitative estimate of drug-likeness (QED) is 0.773. The summed E-state index contributed by atoms with van der Waals surface area (Å²) in [6, 6.07) is 20.1. The summed E-state index contributed by atoms with van der Waals surface area (Å²) >= 11 is 0. The normalized spacial score (nSPS) is 27.9. The van der Waals surface area contributed by atoms with Gasteiger partial charge in [-0.15, -0.1) is 0 Å². The van der Waals surface area contributed by atoms with Gasteiger partial charge in [-0.25, -0.2) is 0 Å². The number of ether oxygens (including phenoxy) is 1. The molecule has 3 fully saturated rings. The molecule has 0 saturated carbocycles. The van der Waals surface area contributed by atoms with Crippen LogP contribution in [-0.4, -0.2) is 49.2 Å². The van der Waals surface area contributed by atoms with Crippen LogP contribution in [0.15, 0.2) is 54.6 Å². The summed E-state index contributed by atoms with van der Waals surface area (Å²) in [5.41, 5.74) is 3.28. The molecule has 4 heteroatoms. The van der Waals surface area contributed by atoms with Crippen LogP contribution in [0, 0.1) is 6.92 Å². The molecule has 3 aliphatic heterocycles. The molecule has 0 bridgehead atoms. The van der Waals surface area contributed by atoms with Crippen molar-refractivity contribution in [2.75, 3.05) is 26.3 Å². The van der Waals surface area contributed by atoms with Crippen molar-refractivity contribution >= 4 is 5.91 Å². The maximum atomic E-state index is 14.5. The Morgan fingerprint density at radius 1 is 1.00 bits per heavy atom. The number of fused-ring (bicyclic) bond motifs is 1. The predicted molar refractivity (Wildman–Crippen MR) is 128 cm³/mol. The summed E-state index contributed by atoms with van der Waals surface area (Å²) in [5.74, 6) is 0.665. The summed E-state index contributed by atoms with van der Waals surface area (Å²) in [6.07, 6.45) is 6.30. The van der Waals surface area contributed by atoms with Gasteiger partial charge in [-0.05, 0) is 50.3 Å². The van der Waals surface area contributed by atoms with Crippen molar-refractivity contribution in [3.05, 3.63) is 71.3 Å². The lowest BCUT2D eigenvalue weighted by Crippen LogP contribution is -2.54. The molecule has 2 aromatic rings. The fourth-order valence-corrected chi connectivity index (χ4v) is 6.20. The van der Waals surface area contributed by atoms with Gasteiger partial charge < -0.3 is 15.0 Å². The van der Waals surface area contributed by atoms with Crippen LogP contribution >= 0.6 is 0 Å². The van der Waals surface area contributed by atoms with Crippen molar-refractivity contribution in [1.82, 2.24) is 10.2 Å². The van der Waals surface area contributed by atoms with Crippen LogP contribution < -0.4 is 5.32 Å². The van der Waals surface area contributed by atoms with E-state index in [0.29, 0.717) is 31.1 Å². The Kier molecular flexibility index (Phi) is 6.34. The lowest BCUT2D eigenvalue weighted by atomic mass is 9.72. The second kappa shape index (κ2) is 9.36. The summed E-state index contributed by atoms with van der Waals surface area (Å²) in [6.45, 7) is 5.27. The fraction of sp³-hybridized carbons (Fsp3) is 0.536. The van der Waals surface area contributed by atoms with Gasteiger partial charge in [0.1, 0.15) is 0 Å². The SMILES string of the molecule is Cc1ccc(C2(C(=O)N3C[C@@H](c4ccccc4)[C@@H]4NCCCCC[C@@H]43)CCOCC2)cc1. The third-order valence-corrected chi connectivity index (χ3v) is 8.05. The lowest BCUT2D eigenvalue weighted by molar-refractivity contribution is -0.142. The third kappa shape index (κ3) is 3.99. The van der Waals surface area contributed by atoms with Crippen molar-refractivity contribution in [2.24, 2.45) is 0 Å². The zero-order chi connectivity index (χ0) is 22.0. The molecular weight excluding hydrogens is 396 g/mol. The zero-order valence-electron chi connectivity index (χ0n) is 19.3. The molecule has 3 saturated heterocycles. The van der Waals surface area contributed by atoms with Crippen molar-refractivity contribution in [2.45, 2.75) is 68.9 Å². The molecule has 3 aliphatic rings.